The van der Waals surface area contributed by atoms with E-state index in [2.05, 4.69) is 4.98 Å². The molecule has 1 saturated carbocycles. The number of halogens is 3. The fraction of sp³-hybridized carbons (Fsp3) is 0.350. The third-order valence-electron chi connectivity index (χ3n) is 4.82. The maximum absolute atomic E-state index is 13.1. The second-order valence-corrected chi connectivity index (χ2v) is 6.88. The zero-order chi connectivity index (χ0) is 20.6. The van der Waals surface area contributed by atoms with Crippen molar-refractivity contribution in [2.45, 2.75) is 44.9 Å². The number of carbonyl (C=O) groups excluding carboxylic acids is 1. The number of carbonyl (C=O) groups is 2. The lowest BCUT2D eigenvalue weighted by atomic mass is 10.0. The Morgan fingerprint density at radius 3 is 2.43 bits per heavy atom. The lowest BCUT2D eigenvalue weighted by Gasteiger charge is -2.30. The molecule has 1 heterocycles. The average molecular weight is 392 g/mol. The summed E-state index contributed by atoms with van der Waals surface area (Å²) in [6.45, 7) is 3.18. The van der Waals surface area contributed by atoms with E-state index >= 15 is 0 Å². The SMILES string of the molecule is Cc1nc(C(=O)N(C2CC2)C(C)c2cccc(C(F)(F)F)c2)ccc1C(=O)O. The summed E-state index contributed by atoms with van der Waals surface area (Å²) < 4.78 is 39.1. The highest BCUT2D eigenvalue weighted by Crippen LogP contribution is 2.37. The van der Waals surface area contributed by atoms with Gasteiger partial charge < -0.3 is 10.0 Å². The Hall–Kier alpha value is -2.90. The number of aromatic carboxylic acids is 1. The molecule has 0 aliphatic heterocycles. The number of carboxylic acid groups (broad SMARTS) is 1. The first kappa shape index (κ1) is 19.9. The lowest BCUT2D eigenvalue weighted by molar-refractivity contribution is -0.137. The molecule has 0 spiro atoms. The monoisotopic (exact) mass is 392 g/mol. The molecule has 3 rings (SSSR count). The molecular weight excluding hydrogens is 373 g/mol. The van der Waals surface area contributed by atoms with E-state index < -0.39 is 29.7 Å². The molecule has 0 radical (unpaired) electrons. The van der Waals surface area contributed by atoms with Crippen molar-refractivity contribution in [2.75, 3.05) is 0 Å². The Bertz CT molecular complexity index is 923. The van der Waals surface area contributed by atoms with Crippen molar-refractivity contribution < 1.29 is 27.9 Å². The number of pyridine rings is 1. The molecule has 1 aliphatic carbocycles. The Labute approximate surface area is 159 Å². The van der Waals surface area contributed by atoms with Gasteiger partial charge in [-0.3, -0.25) is 4.79 Å². The number of hydrogen-bond donors (Lipinski definition) is 1. The summed E-state index contributed by atoms with van der Waals surface area (Å²) in [5.41, 5.74) is -0.0942. The van der Waals surface area contributed by atoms with E-state index in [4.69, 9.17) is 5.11 Å². The van der Waals surface area contributed by atoms with Crippen LogP contribution in [0.5, 0.6) is 0 Å². The van der Waals surface area contributed by atoms with Crippen LogP contribution in [0.3, 0.4) is 0 Å². The highest BCUT2D eigenvalue weighted by atomic mass is 19.4. The molecule has 1 atom stereocenters. The van der Waals surface area contributed by atoms with Gasteiger partial charge in [0.2, 0.25) is 0 Å². The van der Waals surface area contributed by atoms with Crippen molar-refractivity contribution in [1.82, 2.24) is 9.88 Å². The zero-order valence-corrected chi connectivity index (χ0v) is 15.3. The summed E-state index contributed by atoms with van der Waals surface area (Å²) in [5.74, 6) is -1.56. The molecule has 0 bridgehead atoms. The molecule has 1 aliphatic rings. The van der Waals surface area contributed by atoms with E-state index in [1.807, 2.05) is 0 Å². The van der Waals surface area contributed by atoms with Crippen LogP contribution in [0.1, 0.15) is 63.5 Å². The van der Waals surface area contributed by atoms with Crippen LogP contribution in [-0.4, -0.2) is 32.9 Å². The van der Waals surface area contributed by atoms with Gasteiger partial charge in [-0.15, -0.1) is 0 Å². The van der Waals surface area contributed by atoms with Crippen LogP contribution in [-0.2, 0) is 6.18 Å². The first-order chi connectivity index (χ1) is 13.1. The molecule has 8 heteroatoms. The number of alkyl halides is 3. The van der Waals surface area contributed by atoms with Gasteiger partial charge in [-0.2, -0.15) is 13.2 Å². The first-order valence-electron chi connectivity index (χ1n) is 8.80. The van der Waals surface area contributed by atoms with Crippen molar-refractivity contribution in [3.8, 4) is 0 Å². The van der Waals surface area contributed by atoms with Crippen LogP contribution < -0.4 is 0 Å². The number of benzene rings is 1. The van der Waals surface area contributed by atoms with Crippen LogP contribution in [0.2, 0.25) is 0 Å². The van der Waals surface area contributed by atoms with Gasteiger partial charge in [0.05, 0.1) is 22.9 Å². The summed E-state index contributed by atoms with van der Waals surface area (Å²) in [6.07, 6.45) is -2.93. The van der Waals surface area contributed by atoms with Gasteiger partial charge in [-0.25, -0.2) is 9.78 Å². The number of aryl methyl sites for hydroxylation is 1. The van der Waals surface area contributed by atoms with Crippen molar-refractivity contribution in [1.29, 1.82) is 0 Å². The molecule has 0 saturated heterocycles. The molecule has 2 aromatic rings. The molecule has 148 valence electrons. The summed E-state index contributed by atoms with van der Waals surface area (Å²) in [4.78, 5) is 29.8. The molecule has 1 amide bonds. The van der Waals surface area contributed by atoms with Gasteiger partial charge in [0, 0.05) is 6.04 Å². The topological polar surface area (TPSA) is 70.5 Å². The minimum atomic E-state index is -4.46. The number of carboxylic acids is 1. The third-order valence-corrected chi connectivity index (χ3v) is 4.82. The predicted molar refractivity (Wildman–Crippen MR) is 95.0 cm³/mol. The first-order valence-corrected chi connectivity index (χ1v) is 8.80. The lowest BCUT2D eigenvalue weighted by Crippen LogP contribution is -2.36. The van der Waals surface area contributed by atoms with Gasteiger partial charge in [0.15, 0.2) is 0 Å². The van der Waals surface area contributed by atoms with E-state index in [0.29, 0.717) is 5.56 Å². The van der Waals surface area contributed by atoms with E-state index in [9.17, 15) is 22.8 Å². The van der Waals surface area contributed by atoms with Gasteiger partial charge >= 0.3 is 12.1 Å². The van der Waals surface area contributed by atoms with Crippen LogP contribution in [0.15, 0.2) is 36.4 Å². The minimum Gasteiger partial charge on any atom is -0.478 e. The molecule has 1 aromatic carbocycles. The number of aromatic nitrogens is 1. The standard InChI is InChI=1S/C20H19F3N2O3/c1-11-16(19(27)28)8-9-17(24-11)18(26)25(15-6-7-15)12(2)13-4-3-5-14(10-13)20(21,22)23/h3-5,8-10,12,15H,6-7H2,1-2H3,(H,27,28). The van der Waals surface area contributed by atoms with Crippen LogP contribution >= 0.6 is 0 Å². The highest BCUT2D eigenvalue weighted by molar-refractivity contribution is 5.95. The zero-order valence-electron chi connectivity index (χ0n) is 15.3. The van der Waals surface area contributed by atoms with Crippen LogP contribution in [0, 0.1) is 6.92 Å². The smallest absolute Gasteiger partial charge is 0.416 e. The number of nitrogens with zero attached hydrogens (tertiary/aromatic N) is 2. The molecule has 28 heavy (non-hydrogen) atoms. The summed E-state index contributed by atoms with van der Waals surface area (Å²) >= 11 is 0. The van der Waals surface area contributed by atoms with Crippen LogP contribution in [0.25, 0.3) is 0 Å². The second-order valence-electron chi connectivity index (χ2n) is 6.88. The number of amides is 1. The molecule has 5 nitrogen and oxygen atoms in total. The van der Waals surface area contributed by atoms with Gasteiger partial charge in [-0.1, -0.05) is 12.1 Å². The number of hydrogen-bond acceptors (Lipinski definition) is 3. The van der Waals surface area contributed by atoms with E-state index in [-0.39, 0.29) is 23.0 Å². The molecule has 1 unspecified atom stereocenters. The van der Waals surface area contributed by atoms with Gasteiger partial charge in [-0.05, 0) is 56.5 Å². The van der Waals surface area contributed by atoms with Crippen molar-refractivity contribution in [3.63, 3.8) is 0 Å². The predicted octanol–water partition coefficient (Wildman–Crippen LogP) is 4.47. The van der Waals surface area contributed by atoms with Crippen molar-refractivity contribution in [3.05, 3.63) is 64.5 Å². The maximum atomic E-state index is 13.1. The molecule has 1 N–H and O–H groups in total. The van der Waals surface area contributed by atoms with Crippen molar-refractivity contribution >= 4 is 11.9 Å². The molecular formula is C20H19F3N2O3. The van der Waals surface area contributed by atoms with Gasteiger partial charge in [0.25, 0.3) is 5.91 Å². The summed E-state index contributed by atoms with van der Waals surface area (Å²) in [7, 11) is 0. The fourth-order valence-corrected chi connectivity index (χ4v) is 3.18. The Morgan fingerprint density at radius 2 is 1.89 bits per heavy atom. The summed E-state index contributed by atoms with van der Waals surface area (Å²) in [6, 6.07) is 6.95. The largest absolute Gasteiger partial charge is 0.478 e. The van der Waals surface area contributed by atoms with E-state index in [1.54, 1.807) is 13.0 Å². The van der Waals surface area contributed by atoms with E-state index in [1.165, 1.54) is 30.0 Å². The highest BCUT2D eigenvalue weighted by Gasteiger charge is 2.38. The molecule has 1 aromatic heterocycles. The second kappa shape index (κ2) is 7.26. The normalized spacial score (nSPS) is 15.2. The Balaban J connectivity index is 1.93. The van der Waals surface area contributed by atoms with Gasteiger partial charge in [0.1, 0.15) is 5.69 Å². The Kier molecular flexibility index (Phi) is 5.14. The van der Waals surface area contributed by atoms with Crippen molar-refractivity contribution in [2.24, 2.45) is 0 Å². The fourth-order valence-electron chi connectivity index (χ4n) is 3.18. The number of rotatable bonds is 5. The quantitative estimate of drug-likeness (QED) is 0.815. The Morgan fingerprint density at radius 1 is 1.21 bits per heavy atom. The maximum Gasteiger partial charge on any atom is 0.416 e. The minimum absolute atomic E-state index is 0.000416. The van der Waals surface area contributed by atoms with E-state index in [0.717, 1.165) is 25.0 Å². The van der Waals surface area contributed by atoms with Crippen LogP contribution in [0.4, 0.5) is 13.2 Å². The average Bonchev–Trinajstić information content (AvgIpc) is 3.45. The third kappa shape index (κ3) is 4.00. The summed E-state index contributed by atoms with van der Waals surface area (Å²) in [5, 5.41) is 9.10. The molecule has 1 fully saturated rings.